The van der Waals surface area contributed by atoms with Gasteiger partial charge in [-0.3, -0.25) is 4.57 Å². The first-order chi connectivity index (χ1) is 11.9. The van der Waals surface area contributed by atoms with Gasteiger partial charge in [-0.2, -0.15) is 0 Å². The molecule has 2 aromatic rings. The predicted molar refractivity (Wildman–Crippen MR) is 89.8 cm³/mol. The van der Waals surface area contributed by atoms with Gasteiger partial charge in [0.2, 0.25) is 5.95 Å². The van der Waals surface area contributed by atoms with Gasteiger partial charge in [0.1, 0.15) is 24.6 Å². The SMILES string of the molecule is CN(C)CCNc1nc2c(N)ncnc2n1[C@@H]1O[C@H](CO)[C@@H](O)[C@H]1O. The Labute approximate surface area is 144 Å². The quantitative estimate of drug-likeness (QED) is 0.393. The molecule has 0 spiro atoms. The zero-order chi connectivity index (χ0) is 18.1. The van der Waals surface area contributed by atoms with E-state index < -0.39 is 31.1 Å². The summed E-state index contributed by atoms with van der Waals surface area (Å²) in [6.45, 7) is 0.917. The molecule has 1 fully saturated rings. The van der Waals surface area contributed by atoms with E-state index in [1.807, 2.05) is 19.0 Å². The summed E-state index contributed by atoms with van der Waals surface area (Å²) in [4.78, 5) is 14.5. The predicted octanol–water partition coefficient (Wildman–Crippen LogP) is -2.01. The van der Waals surface area contributed by atoms with Crippen molar-refractivity contribution in [2.24, 2.45) is 0 Å². The molecule has 11 nitrogen and oxygen atoms in total. The number of anilines is 2. The van der Waals surface area contributed by atoms with Gasteiger partial charge in [-0.05, 0) is 14.1 Å². The van der Waals surface area contributed by atoms with Gasteiger partial charge >= 0.3 is 0 Å². The summed E-state index contributed by atoms with van der Waals surface area (Å²) >= 11 is 0. The number of hydrogen-bond acceptors (Lipinski definition) is 10. The van der Waals surface area contributed by atoms with E-state index in [-0.39, 0.29) is 5.82 Å². The third-order valence-corrected chi connectivity index (χ3v) is 4.12. The van der Waals surface area contributed by atoms with Crippen molar-refractivity contribution in [1.29, 1.82) is 0 Å². The molecule has 138 valence electrons. The van der Waals surface area contributed by atoms with Crippen LogP contribution in [0.15, 0.2) is 6.33 Å². The largest absolute Gasteiger partial charge is 0.394 e. The lowest BCUT2D eigenvalue weighted by molar-refractivity contribution is -0.0501. The fraction of sp³-hybridized carbons (Fsp3) is 0.643. The summed E-state index contributed by atoms with van der Waals surface area (Å²) in [5, 5.41) is 32.9. The highest BCUT2D eigenvalue weighted by Crippen LogP contribution is 2.34. The van der Waals surface area contributed by atoms with E-state index in [0.717, 1.165) is 6.54 Å². The number of nitrogens with zero attached hydrogens (tertiary/aromatic N) is 5. The van der Waals surface area contributed by atoms with Crippen LogP contribution in [0.2, 0.25) is 0 Å². The Balaban J connectivity index is 2.01. The molecule has 0 radical (unpaired) electrons. The topological polar surface area (TPSA) is 155 Å². The zero-order valence-electron chi connectivity index (χ0n) is 14.1. The highest BCUT2D eigenvalue weighted by atomic mass is 16.6. The fourth-order valence-electron chi connectivity index (χ4n) is 2.78. The number of fused-ring (bicyclic) bond motifs is 1. The number of aliphatic hydroxyl groups is 3. The first-order valence-electron chi connectivity index (χ1n) is 7.93. The number of aromatic nitrogens is 4. The van der Waals surface area contributed by atoms with Crippen molar-refractivity contribution >= 4 is 22.9 Å². The van der Waals surface area contributed by atoms with Gasteiger partial charge in [-0.25, -0.2) is 15.0 Å². The minimum Gasteiger partial charge on any atom is -0.394 e. The van der Waals surface area contributed by atoms with E-state index in [2.05, 4.69) is 20.3 Å². The smallest absolute Gasteiger partial charge is 0.207 e. The molecule has 4 atom stereocenters. The van der Waals surface area contributed by atoms with Crippen molar-refractivity contribution in [3.8, 4) is 0 Å². The van der Waals surface area contributed by atoms with Crippen LogP contribution in [0.3, 0.4) is 0 Å². The average Bonchev–Trinajstić information content (AvgIpc) is 3.07. The maximum atomic E-state index is 10.4. The Morgan fingerprint density at radius 1 is 1.32 bits per heavy atom. The fourth-order valence-corrected chi connectivity index (χ4v) is 2.78. The summed E-state index contributed by atoms with van der Waals surface area (Å²) in [6, 6.07) is 0. The van der Waals surface area contributed by atoms with Crippen LogP contribution in [0, 0.1) is 0 Å². The molecule has 0 unspecified atom stereocenters. The Hall–Kier alpha value is -2.05. The van der Waals surface area contributed by atoms with Crippen molar-refractivity contribution in [3.63, 3.8) is 0 Å². The molecule has 2 aromatic heterocycles. The summed E-state index contributed by atoms with van der Waals surface area (Å²) in [7, 11) is 3.89. The van der Waals surface area contributed by atoms with Gasteiger partial charge in [-0.15, -0.1) is 0 Å². The molecule has 3 heterocycles. The molecule has 0 saturated carbocycles. The van der Waals surface area contributed by atoms with Crippen LogP contribution in [-0.2, 0) is 4.74 Å². The number of imidazole rings is 1. The molecule has 1 saturated heterocycles. The van der Waals surface area contributed by atoms with E-state index in [1.54, 1.807) is 0 Å². The standard InChI is InChI=1S/C14H23N7O4/c1-20(2)4-3-16-14-19-8-11(15)17-6-18-12(8)21(14)13-10(24)9(23)7(5-22)25-13/h6-7,9-10,13,22-24H,3-5H2,1-2H3,(H,16,19)(H2,15,17,18)/t7-,9-,10-,13-/m1/s1. The minimum atomic E-state index is -1.25. The number of likely N-dealkylation sites (N-methyl/N-ethyl adjacent to an activating group) is 1. The first-order valence-corrected chi connectivity index (χ1v) is 7.93. The molecule has 6 N–H and O–H groups in total. The Kier molecular flexibility index (Phi) is 5.01. The molecule has 1 aliphatic heterocycles. The summed E-state index contributed by atoms with van der Waals surface area (Å²) in [5.74, 6) is 0.588. The van der Waals surface area contributed by atoms with Crippen molar-refractivity contribution in [1.82, 2.24) is 24.4 Å². The van der Waals surface area contributed by atoms with Gasteiger partial charge in [0.05, 0.1) is 6.61 Å². The maximum absolute atomic E-state index is 10.4. The Morgan fingerprint density at radius 3 is 2.72 bits per heavy atom. The maximum Gasteiger partial charge on any atom is 0.207 e. The highest BCUT2D eigenvalue weighted by Gasteiger charge is 2.45. The lowest BCUT2D eigenvalue weighted by Gasteiger charge is -2.20. The van der Waals surface area contributed by atoms with Crippen LogP contribution in [-0.4, -0.2) is 91.8 Å². The monoisotopic (exact) mass is 353 g/mol. The summed E-state index contributed by atoms with van der Waals surface area (Å²) in [5.41, 5.74) is 6.61. The van der Waals surface area contributed by atoms with Crippen LogP contribution >= 0.6 is 0 Å². The summed E-state index contributed by atoms with van der Waals surface area (Å²) < 4.78 is 7.15. The van der Waals surface area contributed by atoms with E-state index in [4.69, 9.17) is 10.5 Å². The zero-order valence-corrected chi connectivity index (χ0v) is 14.1. The van der Waals surface area contributed by atoms with Crippen molar-refractivity contribution in [3.05, 3.63) is 6.33 Å². The molecule has 0 amide bonds. The van der Waals surface area contributed by atoms with Gasteiger partial charge in [0.25, 0.3) is 0 Å². The van der Waals surface area contributed by atoms with E-state index >= 15 is 0 Å². The second-order valence-corrected chi connectivity index (χ2v) is 6.20. The Bertz CT molecular complexity index is 737. The number of aliphatic hydroxyl groups excluding tert-OH is 3. The van der Waals surface area contributed by atoms with Gasteiger partial charge in [0, 0.05) is 13.1 Å². The third kappa shape index (κ3) is 3.24. The number of hydrogen-bond donors (Lipinski definition) is 5. The number of ether oxygens (including phenoxy) is 1. The molecule has 11 heteroatoms. The van der Waals surface area contributed by atoms with Gasteiger partial charge in [0.15, 0.2) is 23.2 Å². The van der Waals surface area contributed by atoms with Crippen molar-refractivity contribution in [2.45, 2.75) is 24.5 Å². The second kappa shape index (κ2) is 7.06. The van der Waals surface area contributed by atoms with Crippen LogP contribution in [0.1, 0.15) is 6.23 Å². The third-order valence-electron chi connectivity index (χ3n) is 4.12. The molecule has 1 aliphatic rings. The molecule has 0 aromatic carbocycles. The van der Waals surface area contributed by atoms with Crippen LogP contribution in [0.4, 0.5) is 11.8 Å². The molecular weight excluding hydrogens is 330 g/mol. The van der Waals surface area contributed by atoms with Crippen LogP contribution in [0.5, 0.6) is 0 Å². The lowest BCUT2D eigenvalue weighted by atomic mass is 10.1. The normalized spacial score (nSPS) is 26.6. The highest BCUT2D eigenvalue weighted by molar-refractivity contribution is 5.84. The van der Waals surface area contributed by atoms with Gasteiger partial charge < -0.3 is 36.0 Å². The van der Waals surface area contributed by atoms with E-state index in [9.17, 15) is 15.3 Å². The number of rotatable bonds is 6. The first kappa shape index (κ1) is 17.8. The number of nitrogens with two attached hydrogens (primary N) is 1. The van der Waals surface area contributed by atoms with Crippen molar-refractivity contribution in [2.75, 3.05) is 44.8 Å². The van der Waals surface area contributed by atoms with Crippen LogP contribution < -0.4 is 11.1 Å². The second-order valence-electron chi connectivity index (χ2n) is 6.20. The molecule has 25 heavy (non-hydrogen) atoms. The summed E-state index contributed by atoms with van der Waals surface area (Å²) in [6.07, 6.45) is -3.04. The number of nitrogens with one attached hydrogen (secondary N) is 1. The minimum absolute atomic E-state index is 0.200. The molecule has 0 bridgehead atoms. The van der Waals surface area contributed by atoms with E-state index in [1.165, 1.54) is 10.9 Å². The average molecular weight is 353 g/mol. The van der Waals surface area contributed by atoms with Crippen LogP contribution in [0.25, 0.3) is 11.2 Å². The molecule has 0 aliphatic carbocycles. The number of nitrogen functional groups attached to an aromatic ring is 1. The van der Waals surface area contributed by atoms with Gasteiger partial charge in [-0.1, -0.05) is 0 Å². The Morgan fingerprint density at radius 2 is 2.08 bits per heavy atom. The van der Waals surface area contributed by atoms with E-state index in [0.29, 0.717) is 23.7 Å². The van der Waals surface area contributed by atoms with Crippen molar-refractivity contribution < 1.29 is 20.1 Å². The molecule has 3 rings (SSSR count). The molecular formula is C14H23N7O4. The lowest BCUT2D eigenvalue weighted by Crippen LogP contribution is -2.33.